The van der Waals surface area contributed by atoms with E-state index < -0.39 is 0 Å². The van der Waals surface area contributed by atoms with Crippen molar-refractivity contribution in [2.24, 2.45) is 17.8 Å². The highest BCUT2D eigenvalue weighted by molar-refractivity contribution is 6.00. The molecule has 168 valence electrons. The molecule has 3 fully saturated rings. The number of piperidine rings is 1. The quantitative estimate of drug-likeness (QED) is 0.797. The Hall–Kier alpha value is -2.37. The van der Waals surface area contributed by atoms with Gasteiger partial charge in [0.05, 0.1) is 5.92 Å². The Morgan fingerprint density at radius 3 is 2.39 bits per heavy atom. The van der Waals surface area contributed by atoms with Gasteiger partial charge in [-0.25, -0.2) is 0 Å². The molecule has 3 aliphatic rings. The van der Waals surface area contributed by atoms with Gasteiger partial charge in [-0.3, -0.25) is 14.4 Å². The van der Waals surface area contributed by atoms with E-state index in [9.17, 15) is 14.4 Å². The van der Waals surface area contributed by atoms with Crippen LogP contribution >= 0.6 is 0 Å². The fraction of sp³-hybridized carbons (Fsp3) is 0.640. The lowest BCUT2D eigenvalue weighted by molar-refractivity contribution is -0.129. The second-order valence-corrected chi connectivity index (χ2v) is 10.1. The molecule has 1 saturated carbocycles. The van der Waals surface area contributed by atoms with Crippen molar-refractivity contribution in [1.29, 1.82) is 0 Å². The summed E-state index contributed by atoms with van der Waals surface area (Å²) in [5, 5.41) is 3.01. The normalized spacial score (nSPS) is 27.1. The third-order valence-corrected chi connectivity index (χ3v) is 7.19. The summed E-state index contributed by atoms with van der Waals surface area (Å²) in [6.07, 6.45) is 5.87. The van der Waals surface area contributed by atoms with Crippen LogP contribution in [0.4, 0.5) is 5.69 Å². The number of nitrogens with zero attached hydrogens (tertiary/aromatic N) is 2. The van der Waals surface area contributed by atoms with Crippen molar-refractivity contribution in [3.8, 4) is 0 Å². The van der Waals surface area contributed by atoms with E-state index in [-0.39, 0.29) is 30.1 Å². The fourth-order valence-corrected chi connectivity index (χ4v) is 5.61. The van der Waals surface area contributed by atoms with Gasteiger partial charge in [-0.05, 0) is 55.7 Å². The second kappa shape index (κ2) is 9.01. The van der Waals surface area contributed by atoms with Crippen molar-refractivity contribution >= 4 is 23.4 Å². The molecule has 0 spiro atoms. The van der Waals surface area contributed by atoms with Crippen LogP contribution in [0.2, 0.25) is 0 Å². The van der Waals surface area contributed by atoms with E-state index in [1.165, 1.54) is 12.8 Å². The van der Waals surface area contributed by atoms with Crippen molar-refractivity contribution in [2.75, 3.05) is 25.0 Å². The molecule has 1 aromatic carbocycles. The van der Waals surface area contributed by atoms with Crippen LogP contribution in [0.1, 0.15) is 68.3 Å². The van der Waals surface area contributed by atoms with Crippen LogP contribution in [-0.4, -0.2) is 53.2 Å². The zero-order valence-electron chi connectivity index (χ0n) is 19.0. The van der Waals surface area contributed by atoms with Crippen LogP contribution < -0.4 is 5.32 Å². The summed E-state index contributed by atoms with van der Waals surface area (Å²) in [6, 6.07) is 5.84. The number of rotatable bonds is 4. The molecule has 3 unspecified atom stereocenters. The summed E-state index contributed by atoms with van der Waals surface area (Å²) >= 11 is 0. The van der Waals surface area contributed by atoms with Crippen molar-refractivity contribution in [3.05, 3.63) is 29.3 Å². The Balaban J connectivity index is 1.43. The van der Waals surface area contributed by atoms with Crippen LogP contribution in [0, 0.1) is 24.7 Å². The largest absolute Gasteiger partial charge is 0.339 e. The van der Waals surface area contributed by atoms with Gasteiger partial charge in [0.1, 0.15) is 0 Å². The maximum absolute atomic E-state index is 13.1. The molecule has 1 N–H and O–H groups in total. The average molecular weight is 426 g/mol. The minimum absolute atomic E-state index is 0.0253. The molecule has 1 aromatic rings. The first-order chi connectivity index (χ1) is 14.8. The first kappa shape index (κ1) is 21.8. The predicted octanol–water partition coefficient (Wildman–Crippen LogP) is 3.84. The van der Waals surface area contributed by atoms with Crippen molar-refractivity contribution in [3.63, 3.8) is 0 Å². The SMILES string of the molecule is Cc1ccc(C(=O)N2CC(C)CC(C)C2)cc1NC(=O)C1CC(=O)N(C2CCCC2)C1. The molecule has 2 saturated heterocycles. The summed E-state index contributed by atoms with van der Waals surface area (Å²) in [4.78, 5) is 42.4. The van der Waals surface area contributed by atoms with Gasteiger partial charge in [-0.2, -0.15) is 0 Å². The first-order valence-corrected chi connectivity index (χ1v) is 11.8. The highest BCUT2D eigenvalue weighted by Gasteiger charge is 2.38. The van der Waals surface area contributed by atoms with E-state index >= 15 is 0 Å². The first-order valence-electron chi connectivity index (χ1n) is 11.8. The van der Waals surface area contributed by atoms with E-state index in [1.54, 1.807) is 6.07 Å². The van der Waals surface area contributed by atoms with E-state index in [0.29, 0.717) is 35.7 Å². The summed E-state index contributed by atoms with van der Waals surface area (Å²) < 4.78 is 0. The number of likely N-dealkylation sites (tertiary alicyclic amines) is 2. The number of hydrogen-bond acceptors (Lipinski definition) is 3. The topological polar surface area (TPSA) is 69.7 Å². The molecule has 2 heterocycles. The van der Waals surface area contributed by atoms with E-state index in [2.05, 4.69) is 19.2 Å². The Morgan fingerprint density at radius 2 is 1.71 bits per heavy atom. The van der Waals surface area contributed by atoms with Gasteiger partial charge in [0.25, 0.3) is 5.91 Å². The molecule has 4 rings (SSSR count). The third kappa shape index (κ3) is 4.78. The molecule has 2 aliphatic heterocycles. The molecule has 0 aromatic heterocycles. The summed E-state index contributed by atoms with van der Waals surface area (Å²) in [6.45, 7) is 8.37. The van der Waals surface area contributed by atoms with Gasteiger partial charge in [0.2, 0.25) is 11.8 Å². The van der Waals surface area contributed by atoms with Crippen LogP contribution in [0.5, 0.6) is 0 Å². The van der Waals surface area contributed by atoms with Gasteiger partial charge < -0.3 is 15.1 Å². The molecule has 1 aliphatic carbocycles. The predicted molar refractivity (Wildman–Crippen MR) is 121 cm³/mol. The van der Waals surface area contributed by atoms with E-state index in [4.69, 9.17) is 0 Å². The van der Waals surface area contributed by atoms with E-state index in [1.807, 2.05) is 28.9 Å². The Kier molecular flexibility index (Phi) is 6.35. The number of anilines is 1. The lowest BCUT2D eigenvalue weighted by atomic mass is 9.91. The maximum Gasteiger partial charge on any atom is 0.253 e. The molecular weight excluding hydrogens is 390 g/mol. The minimum Gasteiger partial charge on any atom is -0.339 e. The fourth-order valence-electron chi connectivity index (χ4n) is 5.61. The average Bonchev–Trinajstić information content (AvgIpc) is 3.38. The lowest BCUT2D eigenvalue weighted by Gasteiger charge is -2.35. The lowest BCUT2D eigenvalue weighted by Crippen LogP contribution is -2.42. The minimum atomic E-state index is -0.323. The number of nitrogens with one attached hydrogen (secondary N) is 1. The highest BCUT2D eigenvalue weighted by Crippen LogP contribution is 2.30. The van der Waals surface area contributed by atoms with Gasteiger partial charge in [-0.15, -0.1) is 0 Å². The molecular formula is C25H35N3O3. The number of carbonyl (C=O) groups excluding carboxylic acids is 3. The Bertz CT molecular complexity index is 852. The van der Waals surface area contributed by atoms with E-state index in [0.717, 1.165) is 37.9 Å². The van der Waals surface area contributed by atoms with Gasteiger partial charge in [0.15, 0.2) is 0 Å². The smallest absolute Gasteiger partial charge is 0.253 e. The monoisotopic (exact) mass is 425 g/mol. The molecule has 6 nitrogen and oxygen atoms in total. The summed E-state index contributed by atoms with van der Waals surface area (Å²) in [5.41, 5.74) is 2.19. The standard InChI is InChI=1S/C25H35N3O3/c1-16-10-17(2)14-27(13-16)25(31)19-9-8-18(3)22(11-19)26-24(30)20-12-23(29)28(15-20)21-6-4-5-7-21/h8-9,11,16-17,20-21H,4-7,10,12-15H2,1-3H3,(H,26,30). The molecule has 0 bridgehead atoms. The van der Waals surface area contributed by atoms with Gasteiger partial charge >= 0.3 is 0 Å². The molecule has 6 heteroatoms. The zero-order chi connectivity index (χ0) is 22.1. The van der Waals surface area contributed by atoms with Crippen LogP contribution in [0.25, 0.3) is 0 Å². The third-order valence-electron chi connectivity index (χ3n) is 7.19. The van der Waals surface area contributed by atoms with Crippen LogP contribution in [0.15, 0.2) is 18.2 Å². The number of carbonyl (C=O) groups is 3. The van der Waals surface area contributed by atoms with Crippen LogP contribution in [0.3, 0.4) is 0 Å². The highest BCUT2D eigenvalue weighted by atomic mass is 16.2. The van der Waals surface area contributed by atoms with Crippen molar-refractivity contribution in [1.82, 2.24) is 9.80 Å². The van der Waals surface area contributed by atoms with Crippen molar-refractivity contribution in [2.45, 2.75) is 65.3 Å². The number of hydrogen-bond donors (Lipinski definition) is 1. The summed E-state index contributed by atoms with van der Waals surface area (Å²) in [7, 11) is 0. The molecule has 0 radical (unpaired) electrons. The molecule has 3 atom stereocenters. The van der Waals surface area contributed by atoms with Crippen molar-refractivity contribution < 1.29 is 14.4 Å². The number of amides is 3. The Labute approximate surface area is 185 Å². The Morgan fingerprint density at radius 1 is 1.03 bits per heavy atom. The van der Waals surface area contributed by atoms with Gasteiger partial charge in [-0.1, -0.05) is 32.8 Å². The molecule has 3 amide bonds. The zero-order valence-corrected chi connectivity index (χ0v) is 19.0. The van der Waals surface area contributed by atoms with Crippen LogP contribution in [-0.2, 0) is 9.59 Å². The second-order valence-electron chi connectivity index (χ2n) is 10.1. The van der Waals surface area contributed by atoms with Gasteiger partial charge in [0, 0.05) is 43.3 Å². The number of aryl methyl sites for hydroxylation is 1. The maximum atomic E-state index is 13.1. The molecule has 31 heavy (non-hydrogen) atoms. The summed E-state index contributed by atoms with van der Waals surface area (Å²) in [5.74, 6) is 0.677. The number of benzene rings is 1.